The predicted octanol–water partition coefficient (Wildman–Crippen LogP) is 2.42. The van der Waals surface area contributed by atoms with Crippen LogP contribution >= 0.6 is 11.3 Å². The molecule has 4 aromatic heterocycles. The summed E-state index contributed by atoms with van der Waals surface area (Å²) in [5.41, 5.74) is 7.24. The molecule has 0 aromatic carbocycles. The zero-order valence-electron chi connectivity index (χ0n) is 14.7. The molecule has 8 nitrogen and oxygen atoms in total. The fourth-order valence-corrected chi connectivity index (χ4v) is 4.35. The van der Waals surface area contributed by atoms with Crippen LogP contribution in [0.25, 0.3) is 21.6 Å². The highest BCUT2D eigenvalue weighted by atomic mass is 32.1. The minimum Gasteiger partial charge on any atom is -0.394 e. The molecule has 1 atom stereocenters. The molecular formula is C18H18N7OS+. The molecule has 2 N–H and O–H groups in total. The van der Waals surface area contributed by atoms with Crippen molar-refractivity contribution in [1.82, 2.24) is 29.3 Å². The Kier molecular flexibility index (Phi) is 3.67. The number of pyridine rings is 2. The summed E-state index contributed by atoms with van der Waals surface area (Å²) >= 11 is 1.61. The van der Waals surface area contributed by atoms with Gasteiger partial charge in [-0.1, -0.05) is 11.3 Å². The monoisotopic (exact) mass is 380 g/mol. The molecule has 0 fully saturated rings. The SMILES string of the molecule is C[N+]1(Cc2nc3cccnc3s2)Nc2ccc(-c3cnn(CCO)c3)nc21. The molecule has 0 radical (unpaired) electrons. The van der Waals surface area contributed by atoms with Crippen LogP contribution < -0.4 is 10.0 Å². The fourth-order valence-electron chi connectivity index (χ4n) is 3.33. The molecule has 136 valence electrons. The topological polar surface area (TPSA) is 88.8 Å². The van der Waals surface area contributed by atoms with E-state index in [1.807, 2.05) is 30.5 Å². The van der Waals surface area contributed by atoms with Crippen LogP contribution in [0.5, 0.6) is 0 Å². The number of aliphatic hydroxyl groups is 1. The lowest BCUT2D eigenvalue weighted by Crippen LogP contribution is -2.57. The molecule has 0 spiro atoms. The second kappa shape index (κ2) is 6.08. The van der Waals surface area contributed by atoms with Gasteiger partial charge in [-0.2, -0.15) is 14.7 Å². The fraction of sp³-hybridized carbons (Fsp3) is 0.222. The number of rotatable bonds is 5. The van der Waals surface area contributed by atoms with Crippen molar-refractivity contribution in [2.45, 2.75) is 13.1 Å². The van der Waals surface area contributed by atoms with Crippen LogP contribution in [-0.2, 0) is 13.1 Å². The standard InChI is InChI=1S/C18H18N7OS/c1-25(11-16-21-15-3-2-6-19-18(15)27-16)17-14(23-25)5-4-13(22-17)12-9-20-24(10-12)7-8-26/h2-6,9-10,23,26H,7-8,11H2,1H3/q+1. The molecule has 27 heavy (non-hydrogen) atoms. The van der Waals surface area contributed by atoms with Crippen LogP contribution in [0, 0.1) is 0 Å². The number of thiazole rings is 1. The Morgan fingerprint density at radius 2 is 2.19 bits per heavy atom. The first kappa shape index (κ1) is 16.3. The predicted molar refractivity (Wildman–Crippen MR) is 105 cm³/mol. The lowest BCUT2D eigenvalue weighted by molar-refractivity contribution is 0.269. The maximum atomic E-state index is 9.05. The molecule has 0 amide bonds. The Labute approximate surface area is 159 Å². The highest BCUT2D eigenvalue weighted by Crippen LogP contribution is 2.41. The van der Waals surface area contributed by atoms with Crippen molar-refractivity contribution in [1.29, 1.82) is 0 Å². The molecule has 0 aliphatic carbocycles. The van der Waals surface area contributed by atoms with Gasteiger partial charge < -0.3 is 5.11 Å². The van der Waals surface area contributed by atoms with Gasteiger partial charge in [-0.25, -0.2) is 15.4 Å². The van der Waals surface area contributed by atoms with E-state index in [0.29, 0.717) is 17.7 Å². The van der Waals surface area contributed by atoms with Crippen molar-refractivity contribution in [2.24, 2.45) is 0 Å². The largest absolute Gasteiger partial charge is 0.394 e. The molecule has 5 rings (SSSR count). The van der Waals surface area contributed by atoms with E-state index < -0.39 is 0 Å². The van der Waals surface area contributed by atoms with E-state index in [0.717, 1.165) is 38.1 Å². The quantitative estimate of drug-likeness (QED) is 0.517. The first-order chi connectivity index (χ1) is 13.1. The molecular weight excluding hydrogens is 362 g/mol. The van der Waals surface area contributed by atoms with Crippen molar-refractivity contribution in [3.8, 4) is 11.3 Å². The summed E-state index contributed by atoms with van der Waals surface area (Å²) in [6.45, 7) is 1.24. The number of hydrogen-bond acceptors (Lipinski definition) is 7. The lowest BCUT2D eigenvalue weighted by Gasteiger charge is -2.40. The number of hydrogen-bond donors (Lipinski definition) is 2. The third kappa shape index (κ3) is 2.76. The zero-order chi connectivity index (χ0) is 18.4. The average Bonchev–Trinajstić information content (AvgIpc) is 3.28. The Balaban J connectivity index is 1.44. The van der Waals surface area contributed by atoms with E-state index >= 15 is 0 Å². The first-order valence-corrected chi connectivity index (χ1v) is 9.46. The summed E-state index contributed by atoms with van der Waals surface area (Å²) in [7, 11) is 2.09. The number of fused-ring (bicyclic) bond motifs is 2. The van der Waals surface area contributed by atoms with E-state index in [1.165, 1.54) is 0 Å². The van der Waals surface area contributed by atoms with Crippen molar-refractivity contribution in [3.05, 3.63) is 47.9 Å². The van der Waals surface area contributed by atoms with Crippen molar-refractivity contribution >= 4 is 33.2 Å². The number of aliphatic hydroxyl groups excluding tert-OH is 1. The van der Waals surface area contributed by atoms with Gasteiger partial charge in [0, 0.05) is 18.0 Å². The van der Waals surface area contributed by atoms with Gasteiger partial charge >= 0.3 is 0 Å². The van der Waals surface area contributed by atoms with Crippen molar-refractivity contribution in [3.63, 3.8) is 0 Å². The first-order valence-electron chi connectivity index (χ1n) is 8.64. The number of nitrogens with zero attached hydrogens (tertiary/aromatic N) is 6. The summed E-state index contributed by atoms with van der Waals surface area (Å²) in [4.78, 5) is 14.9. The summed E-state index contributed by atoms with van der Waals surface area (Å²) in [6.07, 6.45) is 5.48. The maximum Gasteiger partial charge on any atom is 0.281 e. The van der Waals surface area contributed by atoms with Crippen LogP contribution in [0.15, 0.2) is 42.9 Å². The van der Waals surface area contributed by atoms with Gasteiger partial charge in [-0.05, 0) is 24.3 Å². The molecule has 0 saturated heterocycles. The van der Waals surface area contributed by atoms with Crippen molar-refractivity contribution in [2.75, 3.05) is 19.1 Å². The smallest absolute Gasteiger partial charge is 0.281 e. The van der Waals surface area contributed by atoms with E-state index in [-0.39, 0.29) is 6.61 Å². The minimum atomic E-state index is 0.0641. The van der Waals surface area contributed by atoms with E-state index in [1.54, 1.807) is 28.4 Å². The van der Waals surface area contributed by atoms with E-state index in [9.17, 15) is 0 Å². The van der Waals surface area contributed by atoms with Gasteiger partial charge in [0.25, 0.3) is 5.82 Å². The molecule has 1 unspecified atom stereocenters. The molecule has 4 aromatic rings. The summed E-state index contributed by atoms with van der Waals surface area (Å²) < 4.78 is 2.21. The van der Waals surface area contributed by atoms with Crippen LogP contribution in [0.1, 0.15) is 5.01 Å². The molecule has 0 saturated carbocycles. The van der Waals surface area contributed by atoms with Gasteiger partial charge in [-0.3, -0.25) is 4.68 Å². The zero-order valence-corrected chi connectivity index (χ0v) is 15.5. The highest BCUT2D eigenvalue weighted by molar-refractivity contribution is 7.18. The van der Waals surface area contributed by atoms with Crippen molar-refractivity contribution < 1.29 is 5.11 Å². The van der Waals surface area contributed by atoms with Crippen LogP contribution in [0.4, 0.5) is 11.5 Å². The molecule has 1 aliphatic rings. The minimum absolute atomic E-state index is 0.0641. The molecule has 1 aliphatic heterocycles. The highest BCUT2D eigenvalue weighted by Gasteiger charge is 2.42. The summed E-state index contributed by atoms with van der Waals surface area (Å²) in [5, 5.41) is 14.3. The normalized spacial score (nSPS) is 18.1. The van der Waals surface area contributed by atoms with Gasteiger partial charge in [-0.15, -0.1) is 0 Å². The summed E-state index contributed by atoms with van der Waals surface area (Å²) in [5.74, 6) is 0.981. The number of anilines is 1. The Bertz CT molecular complexity index is 1100. The van der Waals surface area contributed by atoms with Gasteiger partial charge in [0.15, 0.2) is 17.2 Å². The number of nitrogens with one attached hydrogen (secondary N) is 1. The van der Waals surface area contributed by atoms with Gasteiger partial charge in [0.1, 0.15) is 10.3 Å². The second-order valence-electron chi connectivity index (χ2n) is 6.68. The average molecular weight is 380 g/mol. The number of aromatic nitrogens is 5. The van der Waals surface area contributed by atoms with E-state index in [2.05, 4.69) is 22.6 Å². The van der Waals surface area contributed by atoms with E-state index in [4.69, 9.17) is 15.1 Å². The molecule has 0 bridgehead atoms. The maximum absolute atomic E-state index is 9.05. The third-order valence-corrected chi connectivity index (χ3v) is 5.59. The Hall–Kier alpha value is -2.88. The second-order valence-corrected chi connectivity index (χ2v) is 7.74. The van der Waals surface area contributed by atoms with Crippen LogP contribution in [0.3, 0.4) is 0 Å². The molecule has 9 heteroatoms. The third-order valence-electron chi connectivity index (χ3n) is 4.63. The van der Waals surface area contributed by atoms with Gasteiger partial charge in [0.05, 0.1) is 32.1 Å². The summed E-state index contributed by atoms with van der Waals surface area (Å²) in [6, 6.07) is 7.92. The Morgan fingerprint density at radius 1 is 1.26 bits per heavy atom. The molecule has 5 heterocycles. The van der Waals surface area contributed by atoms with Crippen LogP contribution in [-0.4, -0.2) is 43.5 Å². The number of quaternary nitrogens is 1. The Morgan fingerprint density at radius 3 is 3.04 bits per heavy atom. The van der Waals surface area contributed by atoms with Gasteiger partial charge in [0.2, 0.25) is 0 Å². The van der Waals surface area contributed by atoms with Crippen LogP contribution in [0.2, 0.25) is 0 Å². The lowest BCUT2D eigenvalue weighted by atomic mass is 10.2.